The summed E-state index contributed by atoms with van der Waals surface area (Å²) in [5.41, 5.74) is 2.17. The van der Waals surface area contributed by atoms with Crippen LogP contribution in [-0.4, -0.2) is 10.7 Å². The number of aliphatic hydroxyl groups is 1. The van der Waals surface area contributed by atoms with E-state index >= 15 is 0 Å². The smallest absolute Gasteiger partial charge is 0.0775 e. The van der Waals surface area contributed by atoms with E-state index in [2.05, 4.69) is 19.2 Å². The van der Waals surface area contributed by atoms with E-state index in [-0.39, 0.29) is 23.9 Å². The van der Waals surface area contributed by atoms with Gasteiger partial charge in [-0.1, -0.05) is 91.1 Å². The Morgan fingerprint density at radius 2 is 1.19 bits per heavy atom. The Balaban J connectivity index is 1.78. The van der Waals surface area contributed by atoms with Crippen molar-refractivity contribution in [3.05, 3.63) is 105 Å². The lowest BCUT2D eigenvalue weighted by molar-refractivity contribution is -0.110. The average Bonchev–Trinajstić information content (AvgIpc) is 2.76. The molecule has 0 aromatic heterocycles. The molecule has 4 unspecified atom stereocenters. The fourth-order valence-electron chi connectivity index (χ4n) is 4.85. The molecule has 4 rings (SSSR count). The quantitative estimate of drug-likeness (QED) is 0.416. The molecule has 1 aliphatic rings. The first kappa shape index (κ1) is 22.6. The van der Waals surface area contributed by atoms with E-state index in [0.717, 1.165) is 16.7 Å². The summed E-state index contributed by atoms with van der Waals surface area (Å²) in [4.78, 5) is 0. The van der Waals surface area contributed by atoms with Crippen LogP contribution in [0.15, 0.2) is 72.8 Å². The maximum absolute atomic E-state index is 12.2. The number of piperidine rings is 1. The molecule has 1 heterocycles. The minimum atomic E-state index is -0.981. The maximum Gasteiger partial charge on any atom is 0.0775 e. The van der Waals surface area contributed by atoms with Gasteiger partial charge in [-0.3, -0.25) is 0 Å². The van der Waals surface area contributed by atoms with Crippen LogP contribution in [0, 0.1) is 11.8 Å². The number of rotatable bonds is 4. The first-order chi connectivity index (χ1) is 14.8. The molecular formula is C26H26Cl3NO. The third-order valence-electron chi connectivity index (χ3n) is 6.83. The van der Waals surface area contributed by atoms with Crippen LogP contribution < -0.4 is 5.32 Å². The molecule has 0 aliphatic carbocycles. The van der Waals surface area contributed by atoms with E-state index in [0.29, 0.717) is 21.5 Å². The van der Waals surface area contributed by atoms with E-state index in [1.165, 1.54) is 0 Å². The molecular weight excluding hydrogens is 449 g/mol. The van der Waals surface area contributed by atoms with Crippen LogP contribution in [-0.2, 0) is 6.42 Å². The highest BCUT2D eigenvalue weighted by molar-refractivity contribution is 6.31. The first-order valence-electron chi connectivity index (χ1n) is 10.5. The van der Waals surface area contributed by atoms with Crippen LogP contribution in [0.4, 0.5) is 0 Å². The van der Waals surface area contributed by atoms with E-state index in [4.69, 9.17) is 34.8 Å². The molecule has 3 aromatic rings. The van der Waals surface area contributed by atoms with Gasteiger partial charge in [0.1, 0.15) is 0 Å². The Morgan fingerprint density at radius 3 is 1.65 bits per heavy atom. The zero-order chi connectivity index (χ0) is 22.2. The van der Waals surface area contributed by atoms with Crippen molar-refractivity contribution in [1.82, 2.24) is 5.32 Å². The van der Waals surface area contributed by atoms with Crippen molar-refractivity contribution in [3.8, 4) is 0 Å². The van der Waals surface area contributed by atoms with Gasteiger partial charge < -0.3 is 10.4 Å². The van der Waals surface area contributed by atoms with E-state index in [9.17, 15) is 5.11 Å². The molecule has 0 saturated carbocycles. The Labute approximate surface area is 199 Å². The van der Waals surface area contributed by atoms with Gasteiger partial charge in [0.15, 0.2) is 0 Å². The molecule has 4 atom stereocenters. The summed E-state index contributed by atoms with van der Waals surface area (Å²) >= 11 is 18.8. The molecule has 1 saturated heterocycles. The summed E-state index contributed by atoms with van der Waals surface area (Å²) in [6.07, 6.45) is 0.477. The summed E-state index contributed by atoms with van der Waals surface area (Å²) in [7, 11) is 0. The zero-order valence-electron chi connectivity index (χ0n) is 17.5. The second-order valence-electron chi connectivity index (χ2n) is 8.56. The Hall–Kier alpha value is -1.55. The second-order valence-corrected chi connectivity index (χ2v) is 9.84. The molecule has 0 bridgehead atoms. The van der Waals surface area contributed by atoms with Gasteiger partial charge in [-0.2, -0.15) is 0 Å². The van der Waals surface area contributed by atoms with E-state index in [1.807, 2.05) is 72.8 Å². The SMILES string of the molecule is CC1C(c2ccc(Cl)cc2)NC(c2ccc(Cl)cc2)C(C)C1(O)Cc1ccccc1Cl. The van der Waals surface area contributed by atoms with Gasteiger partial charge in [0.25, 0.3) is 0 Å². The molecule has 0 amide bonds. The fourth-order valence-corrected chi connectivity index (χ4v) is 5.31. The summed E-state index contributed by atoms with van der Waals surface area (Å²) in [5, 5.41) is 18.1. The highest BCUT2D eigenvalue weighted by atomic mass is 35.5. The minimum absolute atomic E-state index is 0.0540. The van der Waals surface area contributed by atoms with Crippen molar-refractivity contribution in [3.63, 3.8) is 0 Å². The Kier molecular flexibility index (Phi) is 6.67. The van der Waals surface area contributed by atoms with Crippen molar-refractivity contribution in [2.24, 2.45) is 11.8 Å². The van der Waals surface area contributed by atoms with Gasteiger partial charge >= 0.3 is 0 Å². The van der Waals surface area contributed by atoms with Crippen molar-refractivity contribution in [2.45, 2.75) is 38.0 Å². The van der Waals surface area contributed by atoms with Gasteiger partial charge in [0.05, 0.1) is 5.60 Å². The van der Waals surface area contributed by atoms with Crippen molar-refractivity contribution >= 4 is 34.8 Å². The first-order valence-corrected chi connectivity index (χ1v) is 11.7. The van der Waals surface area contributed by atoms with Crippen molar-refractivity contribution in [2.75, 3.05) is 0 Å². The molecule has 2 nitrogen and oxygen atoms in total. The highest BCUT2D eigenvalue weighted by Gasteiger charge is 2.51. The van der Waals surface area contributed by atoms with Crippen LogP contribution in [0.3, 0.4) is 0 Å². The number of hydrogen-bond donors (Lipinski definition) is 2. The lowest BCUT2D eigenvalue weighted by Crippen LogP contribution is -2.58. The van der Waals surface area contributed by atoms with Crippen molar-refractivity contribution in [1.29, 1.82) is 0 Å². The van der Waals surface area contributed by atoms with Crippen LogP contribution >= 0.6 is 34.8 Å². The monoisotopic (exact) mass is 473 g/mol. The standard InChI is InChI=1S/C26H26Cl3NO/c1-16-24(18-7-11-21(27)12-8-18)30-25(19-9-13-22(28)14-10-19)17(2)26(16,31)15-20-5-3-4-6-23(20)29/h3-14,16-17,24-25,30-31H,15H2,1-2H3. The maximum atomic E-state index is 12.2. The minimum Gasteiger partial charge on any atom is -0.389 e. The van der Waals surface area contributed by atoms with Gasteiger partial charge in [-0.15, -0.1) is 0 Å². The molecule has 1 fully saturated rings. The van der Waals surface area contributed by atoms with Crippen LogP contribution in [0.1, 0.15) is 42.6 Å². The third kappa shape index (κ3) is 4.51. The van der Waals surface area contributed by atoms with E-state index in [1.54, 1.807) is 0 Å². The second kappa shape index (κ2) is 9.13. The largest absolute Gasteiger partial charge is 0.389 e. The summed E-state index contributed by atoms with van der Waals surface area (Å²) in [6.45, 7) is 4.22. The molecule has 31 heavy (non-hydrogen) atoms. The number of nitrogens with one attached hydrogen (secondary N) is 1. The fraction of sp³-hybridized carbons (Fsp3) is 0.308. The molecule has 162 valence electrons. The predicted molar refractivity (Wildman–Crippen MR) is 130 cm³/mol. The summed E-state index contributed by atoms with van der Waals surface area (Å²) < 4.78 is 0. The predicted octanol–water partition coefficient (Wildman–Crippen LogP) is 7.28. The normalized spacial score (nSPS) is 28.5. The molecule has 5 heteroatoms. The topological polar surface area (TPSA) is 32.3 Å². The van der Waals surface area contributed by atoms with Gasteiger partial charge in [0.2, 0.25) is 0 Å². The highest BCUT2D eigenvalue weighted by Crippen LogP contribution is 2.48. The lowest BCUT2D eigenvalue weighted by Gasteiger charge is -2.52. The zero-order valence-corrected chi connectivity index (χ0v) is 19.8. The number of halogens is 3. The van der Waals surface area contributed by atoms with Gasteiger partial charge in [-0.25, -0.2) is 0 Å². The van der Waals surface area contributed by atoms with Gasteiger partial charge in [0, 0.05) is 45.4 Å². The molecule has 1 aliphatic heterocycles. The van der Waals surface area contributed by atoms with Crippen LogP contribution in [0.25, 0.3) is 0 Å². The Morgan fingerprint density at radius 1 is 0.742 bits per heavy atom. The number of hydrogen-bond acceptors (Lipinski definition) is 2. The van der Waals surface area contributed by atoms with Gasteiger partial charge in [-0.05, 0) is 47.0 Å². The number of benzene rings is 3. The lowest BCUT2D eigenvalue weighted by atomic mass is 9.64. The Bertz CT molecular complexity index is 978. The molecule has 2 N–H and O–H groups in total. The van der Waals surface area contributed by atoms with Crippen molar-refractivity contribution < 1.29 is 5.11 Å². The molecule has 3 aromatic carbocycles. The van der Waals surface area contributed by atoms with Crippen LogP contribution in [0.2, 0.25) is 15.1 Å². The molecule has 0 spiro atoms. The third-order valence-corrected chi connectivity index (χ3v) is 7.70. The average molecular weight is 475 g/mol. The van der Waals surface area contributed by atoms with Crippen LogP contribution in [0.5, 0.6) is 0 Å². The van der Waals surface area contributed by atoms with E-state index < -0.39 is 5.60 Å². The summed E-state index contributed by atoms with van der Waals surface area (Å²) in [6, 6.07) is 23.4. The molecule has 0 radical (unpaired) electrons. The summed E-state index contributed by atoms with van der Waals surface area (Å²) in [5.74, 6) is -0.132.